The molecule has 0 aliphatic carbocycles. The Kier molecular flexibility index (Phi) is 5.26. The minimum absolute atomic E-state index is 0.211. The van der Waals surface area contributed by atoms with Gasteiger partial charge in [0, 0.05) is 55.8 Å². The van der Waals surface area contributed by atoms with Crippen molar-refractivity contribution in [1.82, 2.24) is 19.7 Å². The molecule has 0 spiro atoms. The molecule has 0 saturated carbocycles. The van der Waals surface area contributed by atoms with E-state index in [0.29, 0.717) is 17.2 Å². The van der Waals surface area contributed by atoms with Gasteiger partial charge >= 0.3 is 0 Å². The highest BCUT2D eigenvalue weighted by molar-refractivity contribution is 6.02. The molecule has 3 aromatic heterocycles. The standard InChI is InChI=1S/C22H26N6O2/c1-22(2,30)16-8-10-28(14-16)17-7-9-23-20(11-17)26-21(29)19-6-4-5-18(25-19)15-12-24-27(3)13-15/h4-7,9,11-13,16,30H,8,10,14H2,1-3H3,(H,23,26,29)/t16-/m1/s1. The summed E-state index contributed by atoms with van der Waals surface area (Å²) in [6.45, 7) is 5.34. The molecule has 3 aromatic rings. The molecule has 0 bridgehead atoms. The van der Waals surface area contributed by atoms with Gasteiger partial charge in [-0.05, 0) is 38.5 Å². The molecule has 1 aliphatic heterocycles. The predicted octanol–water partition coefficient (Wildman–Crippen LogP) is 2.73. The first-order chi connectivity index (χ1) is 14.3. The van der Waals surface area contributed by atoms with Crippen molar-refractivity contribution in [2.45, 2.75) is 25.9 Å². The highest BCUT2D eigenvalue weighted by Gasteiger charge is 2.33. The number of carbonyl (C=O) groups excluding carboxylic acids is 1. The Labute approximate surface area is 175 Å². The molecular weight excluding hydrogens is 380 g/mol. The van der Waals surface area contributed by atoms with Crippen molar-refractivity contribution in [3.8, 4) is 11.3 Å². The number of nitrogens with one attached hydrogen (secondary N) is 1. The zero-order chi connectivity index (χ0) is 21.3. The van der Waals surface area contributed by atoms with Gasteiger partial charge in [-0.1, -0.05) is 6.07 Å². The van der Waals surface area contributed by atoms with Gasteiger partial charge in [-0.15, -0.1) is 0 Å². The van der Waals surface area contributed by atoms with E-state index in [1.807, 2.05) is 45.3 Å². The number of aromatic nitrogens is 4. The Morgan fingerprint density at radius 1 is 1.30 bits per heavy atom. The van der Waals surface area contributed by atoms with Gasteiger partial charge in [-0.3, -0.25) is 9.48 Å². The molecule has 8 heteroatoms. The number of hydrogen-bond donors (Lipinski definition) is 2. The van der Waals surface area contributed by atoms with Gasteiger partial charge in [-0.25, -0.2) is 9.97 Å². The van der Waals surface area contributed by atoms with Crippen LogP contribution in [-0.4, -0.2) is 49.5 Å². The summed E-state index contributed by atoms with van der Waals surface area (Å²) in [5.41, 5.74) is 2.12. The normalized spacial score (nSPS) is 16.7. The fourth-order valence-corrected chi connectivity index (χ4v) is 3.71. The molecule has 1 aliphatic rings. The van der Waals surface area contributed by atoms with Crippen LogP contribution in [0.3, 0.4) is 0 Å². The van der Waals surface area contributed by atoms with E-state index < -0.39 is 5.60 Å². The highest BCUT2D eigenvalue weighted by atomic mass is 16.3. The third-order valence-electron chi connectivity index (χ3n) is 5.52. The van der Waals surface area contributed by atoms with Crippen LogP contribution in [0.25, 0.3) is 11.3 Å². The summed E-state index contributed by atoms with van der Waals surface area (Å²) >= 11 is 0. The molecule has 1 amide bonds. The summed E-state index contributed by atoms with van der Waals surface area (Å²) in [5.74, 6) is 0.363. The minimum atomic E-state index is -0.705. The molecule has 4 heterocycles. The summed E-state index contributed by atoms with van der Waals surface area (Å²) in [6.07, 6.45) is 6.18. The second kappa shape index (κ2) is 7.87. The first kappa shape index (κ1) is 20.0. The molecule has 8 nitrogen and oxygen atoms in total. The number of aliphatic hydroxyl groups is 1. The number of anilines is 2. The molecule has 1 saturated heterocycles. The maximum absolute atomic E-state index is 12.7. The number of nitrogens with zero attached hydrogens (tertiary/aromatic N) is 5. The third kappa shape index (κ3) is 4.33. The van der Waals surface area contributed by atoms with Gasteiger partial charge < -0.3 is 15.3 Å². The molecule has 0 aromatic carbocycles. The average molecular weight is 406 g/mol. The highest BCUT2D eigenvalue weighted by Crippen LogP contribution is 2.31. The van der Waals surface area contributed by atoms with Crippen LogP contribution in [0.2, 0.25) is 0 Å². The van der Waals surface area contributed by atoms with E-state index in [4.69, 9.17) is 0 Å². The lowest BCUT2D eigenvalue weighted by molar-refractivity contribution is 0.0263. The van der Waals surface area contributed by atoms with Crippen LogP contribution in [0.5, 0.6) is 0 Å². The van der Waals surface area contributed by atoms with E-state index in [0.717, 1.165) is 30.8 Å². The van der Waals surface area contributed by atoms with Crippen molar-refractivity contribution in [3.05, 3.63) is 54.6 Å². The molecule has 4 rings (SSSR count). The Morgan fingerprint density at radius 3 is 2.83 bits per heavy atom. The Bertz CT molecular complexity index is 1060. The quantitative estimate of drug-likeness (QED) is 0.676. The predicted molar refractivity (Wildman–Crippen MR) is 115 cm³/mol. The summed E-state index contributed by atoms with van der Waals surface area (Å²) in [4.78, 5) is 23.7. The number of pyridine rings is 2. The van der Waals surface area contributed by atoms with Crippen molar-refractivity contribution < 1.29 is 9.90 Å². The topological polar surface area (TPSA) is 96.2 Å². The van der Waals surface area contributed by atoms with Crippen molar-refractivity contribution in [3.63, 3.8) is 0 Å². The van der Waals surface area contributed by atoms with Crippen LogP contribution in [0.4, 0.5) is 11.5 Å². The van der Waals surface area contributed by atoms with Crippen molar-refractivity contribution in [1.29, 1.82) is 0 Å². The van der Waals surface area contributed by atoms with Crippen LogP contribution in [0.15, 0.2) is 48.9 Å². The van der Waals surface area contributed by atoms with Gasteiger partial charge in [0.1, 0.15) is 11.5 Å². The molecule has 1 atom stereocenters. The fraction of sp³-hybridized carbons (Fsp3) is 0.364. The van der Waals surface area contributed by atoms with E-state index in [-0.39, 0.29) is 11.8 Å². The zero-order valence-corrected chi connectivity index (χ0v) is 17.4. The van der Waals surface area contributed by atoms with Gasteiger partial charge in [0.25, 0.3) is 5.91 Å². The summed E-state index contributed by atoms with van der Waals surface area (Å²) in [5, 5.41) is 17.3. The second-order valence-electron chi connectivity index (χ2n) is 8.25. The molecule has 2 N–H and O–H groups in total. The number of amides is 1. The maximum atomic E-state index is 12.7. The smallest absolute Gasteiger partial charge is 0.275 e. The van der Waals surface area contributed by atoms with Crippen molar-refractivity contribution in [2.75, 3.05) is 23.3 Å². The molecule has 1 fully saturated rings. The van der Waals surface area contributed by atoms with E-state index >= 15 is 0 Å². The Balaban J connectivity index is 1.48. The lowest BCUT2D eigenvalue weighted by Gasteiger charge is -2.26. The first-order valence-electron chi connectivity index (χ1n) is 10.0. The van der Waals surface area contributed by atoms with E-state index in [1.54, 1.807) is 29.2 Å². The lowest BCUT2D eigenvalue weighted by Crippen LogP contribution is -2.33. The summed E-state index contributed by atoms with van der Waals surface area (Å²) in [7, 11) is 1.84. The Hall–Kier alpha value is -3.26. The molecule has 0 unspecified atom stereocenters. The number of rotatable bonds is 5. The van der Waals surface area contributed by atoms with Crippen LogP contribution >= 0.6 is 0 Å². The largest absolute Gasteiger partial charge is 0.390 e. The van der Waals surface area contributed by atoms with E-state index in [1.165, 1.54) is 0 Å². The van der Waals surface area contributed by atoms with Gasteiger partial charge in [-0.2, -0.15) is 5.10 Å². The monoisotopic (exact) mass is 406 g/mol. The average Bonchev–Trinajstić information content (AvgIpc) is 3.37. The number of aryl methyl sites for hydroxylation is 1. The SMILES string of the molecule is Cn1cc(-c2cccc(C(=O)Nc3cc(N4CC[C@@H](C(C)(C)O)C4)ccn3)n2)cn1. The van der Waals surface area contributed by atoms with Crippen LogP contribution < -0.4 is 10.2 Å². The zero-order valence-electron chi connectivity index (χ0n) is 17.4. The van der Waals surface area contributed by atoms with Crippen LogP contribution in [0, 0.1) is 5.92 Å². The molecule has 0 radical (unpaired) electrons. The molecular formula is C22H26N6O2. The lowest BCUT2D eigenvalue weighted by atomic mass is 9.90. The van der Waals surface area contributed by atoms with E-state index in [9.17, 15) is 9.90 Å². The Morgan fingerprint density at radius 2 is 2.13 bits per heavy atom. The number of carbonyl (C=O) groups is 1. The van der Waals surface area contributed by atoms with E-state index in [2.05, 4.69) is 25.3 Å². The third-order valence-corrected chi connectivity index (χ3v) is 5.52. The van der Waals surface area contributed by atoms with Crippen LogP contribution in [-0.2, 0) is 7.05 Å². The summed E-state index contributed by atoms with van der Waals surface area (Å²) < 4.78 is 1.69. The molecule has 156 valence electrons. The van der Waals surface area contributed by atoms with Crippen molar-refractivity contribution >= 4 is 17.4 Å². The molecule has 30 heavy (non-hydrogen) atoms. The second-order valence-corrected chi connectivity index (χ2v) is 8.25. The van der Waals surface area contributed by atoms with Gasteiger partial charge in [0.15, 0.2) is 0 Å². The summed E-state index contributed by atoms with van der Waals surface area (Å²) in [6, 6.07) is 9.10. The van der Waals surface area contributed by atoms with Gasteiger partial charge in [0.2, 0.25) is 0 Å². The first-order valence-corrected chi connectivity index (χ1v) is 10.0. The maximum Gasteiger partial charge on any atom is 0.275 e. The van der Waals surface area contributed by atoms with Gasteiger partial charge in [0.05, 0.1) is 17.5 Å². The fourth-order valence-electron chi connectivity index (χ4n) is 3.71. The number of hydrogen-bond acceptors (Lipinski definition) is 6. The minimum Gasteiger partial charge on any atom is -0.390 e. The van der Waals surface area contributed by atoms with Crippen LogP contribution in [0.1, 0.15) is 30.8 Å². The van der Waals surface area contributed by atoms with Crippen molar-refractivity contribution in [2.24, 2.45) is 13.0 Å².